The van der Waals surface area contributed by atoms with Crippen molar-refractivity contribution < 1.29 is 14.3 Å². The molecule has 1 amide bonds. The van der Waals surface area contributed by atoms with Crippen molar-refractivity contribution in [3.8, 4) is 11.3 Å². The first-order valence-corrected chi connectivity index (χ1v) is 13.1. The van der Waals surface area contributed by atoms with Gasteiger partial charge in [-0.05, 0) is 82.4 Å². The van der Waals surface area contributed by atoms with Gasteiger partial charge in [0.25, 0.3) is 0 Å². The van der Waals surface area contributed by atoms with Crippen LogP contribution in [0.3, 0.4) is 0 Å². The molecule has 0 saturated heterocycles. The number of allylic oxidation sites excluding steroid dienone is 4. The van der Waals surface area contributed by atoms with Crippen LogP contribution in [-0.4, -0.2) is 27.5 Å². The molecule has 2 aliphatic carbocycles. The Balaban J connectivity index is 1.59. The van der Waals surface area contributed by atoms with Crippen LogP contribution in [0.15, 0.2) is 49.9 Å². The number of aromatic nitrogens is 2. The first kappa shape index (κ1) is 25.0. The molecule has 0 bridgehead atoms. The second-order valence-corrected chi connectivity index (χ2v) is 11.1. The average molecular weight is 502 g/mol. The maximum atomic E-state index is 12.2. The standard InChI is InChI=1S/C26H32ClN3O3S/c1-4-28-23(31)16-5-7-17(8-6-16)24-30-22(18-9-14-21(29-15-18)26(2,3)32)25(33-24)34-20-12-10-19(27)11-13-20/h9-10,12,14-17,32H,4-8,11,13H2,1-3H3,(H,28,31). The molecule has 2 aromatic heterocycles. The van der Waals surface area contributed by atoms with E-state index in [1.54, 1.807) is 31.8 Å². The summed E-state index contributed by atoms with van der Waals surface area (Å²) < 4.78 is 6.36. The molecule has 2 heterocycles. The summed E-state index contributed by atoms with van der Waals surface area (Å²) in [6, 6.07) is 3.77. The molecule has 0 unspecified atom stereocenters. The number of thioether (sulfide) groups is 1. The lowest BCUT2D eigenvalue weighted by Gasteiger charge is -2.25. The summed E-state index contributed by atoms with van der Waals surface area (Å²) in [7, 11) is 0. The molecule has 1 saturated carbocycles. The highest BCUT2D eigenvalue weighted by Crippen LogP contribution is 2.43. The third-order valence-corrected chi connectivity index (χ3v) is 7.74. The summed E-state index contributed by atoms with van der Waals surface area (Å²) in [5.74, 6) is 1.14. The van der Waals surface area contributed by atoms with Crippen molar-refractivity contribution in [2.24, 2.45) is 5.92 Å². The zero-order valence-corrected chi connectivity index (χ0v) is 21.5. The zero-order chi connectivity index (χ0) is 24.3. The lowest BCUT2D eigenvalue weighted by molar-refractivity contribution is -0.125. The largest absolute Gasteiger partial charge is 0.433 e. The Kier molecular flexibility index (Phi) is 7.85. The molecule has 4 rings (SSSR count). The van der Waals surface area contributed by atoms with E-state index in [0.717, 1.165) is 65.8 Å². The molecule has 8 heteroatoms. The summed E-state index contributed by atoms with van der Waals surface area (Å²) in [4.78, 5) is 22.8. The van der Waals surface area contributed by atoms with E-state index in [1.807, 2.05) is 31.2 Å². The number of hydrogen-bond acceptors (Lipinski definition) is 6. The summed E-state index contributed by atoms with van der Waals surface area (Å²) in [5, 5.41) is 14.8. The Bertz CT molecular complexity index is 1080. The van der Waals surface area contributed by atoms with Crippen molar-refractivity contribution in [2.75, 3.05) is 6.54 Å². The van der Waals surface area contributed by atoms with E-state index < -0.39 is 5.60 Å². The van der Waals surface area contributed by atoms with Gasteiger partial charge in [-0.1, -0.05) is 29.4 Å². The van der Waals surface area contributed by atoms with E-state index in [-0.39, 0.29) is 17.7 Å². The number of nitrogens with one attached hydrogen (secondary N) is 1. The van der Waals surface area contributed by atoms with Gasteiger partial charge in [0.1, 0.15) is 11.3 Å². The number of pyridine rings is 1. The van der Waals surface area contributed by atoms with Gasteiger partial charge in [-0.25, -0.2) is 4.98 Å². The van der Waals surface area contributed by atoms with Crippen LogP contribution < -0.4 is 5.32 Å². The van der Waals surface area contributed by atoms with Gasteiger partial charge in [0.15, 0.2) is 11.0 Å². The van der Waals surface area contributed by atoms with Crippen LogP contribution in [0.5, 0.6) is 0 Å². The summed E-state index contributed by atoms with van der Waals surface area (Å²) in [6.07, 6.45) is 10.8. The summed E-state index contributed by atoms with van der Waals surface area (Å²) >= 11 is 7.72. The zero-order valence-electron chi connectivity index (χ0n) is 19.9. The van der Waals surface area contributed by atoms with Crippen molar-refractivity contribution >= 4 is 29.3 Å². The highest BCUT2D eigenvalue weighted by Gasteiger charge is 2.31. The van der Waals surface area contributed by atoms with Crippen LogP contribution in [0, 0.1) is 5.92 Å². The molecule has 34 heavy (non-hydrogen) atoms. The Labute approximate surface area is 210 Å². The quantitative estimate of drug-likeness (QED) is 0.465. The predicted octanol–water partition coefficient (Wildman–Crippen LogP) is 6.27. The molecule has 6 nitrogen and oxygen atoms in total. The molecule has 0 atom stereocenters. The van der Waals surface area contributed by atoms with Crippen molar-refractivity contribution in [3.05, 3.63) is 52.0 Å². The highest BCUT2D eigenvalue weighted by atomic mass is 35.5. The van der Waals surface area contributed by atoms with Crippen molar-refractivity contribution in [1.29, 1.82) is 0 Å². The third-order valence-electron chi connectivity index (χ3n) is 6.36. The van der Waals surface area contributed by atoms with Gasteiger partial charge >= 0.3 is 0 Å². The van der Waals surface area contributed by atoms with Crippen molar-refractivity contribution in [3.63, 3.8) is 0 Å². The predicted molar refractivity (Wildman–Crippen MR) is 135 cm³/mol. The minimum Gasteiger partial charge on any atom is -0.433 e. The second kappa shape index (κ2) is 10.7. The van der Waals surface area contributed by atoms with Gasteiger partial charge in [0.2, 0.25) is 5.91 Å². The van der Waals surface area contributed by atoms with Gasteiger partial charge in [-0.15, -0.1) is 0 Å². The monoisotopic (exact) mass is 501 g/mol. The smallest absolute Gasteiger partial charge is 0.223 e. The molecule has 0 aliphatic heterocycles. The molecule has 2 aromatic rings. The van der Waals surface area contributed by atoms with Crippen LogP contribution in [0.2, 0.25) is 0 Å². The number of hydrogen-bond donors (Lipinski definition) is 2. The Morgan fingerprint density at radius 1 is 1.24 bits per heavy atom. The summed E-state index contributed by atoms with van der Waals surface area (Å²) in [5.41, 5.74) is 1.22. The molecule has 2 aliphatic rings. The average Bonchev–Trinajstić information content (AvgIpc) is 3.24. The van der Waals surface area contributed by atoms with Gasteiger partial charge < -0.3 is 14.8 Å². The van der Waals surface area contributed by atoms with Crippen LogP contribution in [0.25, 0.3) is 11.3 Å². The normalized spacial score (nSPS) is 21.1. The minimum atomic E-state index is -1.01. The number of carbonyl (C=O) groups excluding carboxylic acids is 1. The van der Waals surface area contributed by atoms with Crippen LogP contribution in [0.1, 0.15) is 76.8 Å². The third kappa shape index (κ3) is 5.93. The van der Waals surface area contributed by atoms with E-state index in [9.17, 15) is 9.90 Å². The molecule has 0 radical (unpaired) electrons. The number of carbonyl (C=O) groups is 1. The fourth-order valence-corrected chi connectivity index (χ4v) is 5.48. The minimum absolute atomic E-state index is 0.0713. The number of oxazole rings is 1. The maximum absolute atomic E-state index is 12.2. The number of aliphatic hydroxyl groups is 1. The van der Waals surface area contributed by atoms with E-state index >= 15 is 0 Å². The van der Waals surface area contributed by atoms with Crippen LogP contribution in [0.4, 0.5) is 0 Å². The van der Waals surface area contributed by atoms with Crippen molar-refractivity contribution in [1.82, 2.24) is 15.3 Å². The SMILES string of the molecule is CCNC(=O)C1CCC(c2nc(-c3ccc(C(C)(C)O)nc3)c(SC3=CC=C(Cl)CC3)o2)CC1. The number of halogens is 1. The number of rotatable bonds is 7. The highest BCUT2D eigenvalue weighted by molar-refractivity contribution is 8.03. The van der Waals surface area contributed by atoms with Gasteiger partial charge in [0.05, 0.1) is 5.69 Å². The maximum Gasteiger partial charge on any atom is 0.223 e. The Morgan fingerprint density at radius 3 is 2.59 bits per heavy atom. The molecule has 0 spiro atoms. The van der Waals surface area contributed by atoms with Gasteiger partial charge in [-0.3, -0.25) is 9.78 Å². The fourth-order valence-electron chi connectivity index (χ4n) is 4.36. The first-order chi connectivity index (χ1) is 16.2. The second-order valence-electron chi connectivity index (χ2n) is 9.47. The topological polar surface area (TPSA) is 88.2 Å². The van der Waals surface area contributed by atoms with Gasteiger partial charge in [0, 0.05) is 35.2 Å². The lowest BCUT2D eigenvalue weighted by Crippen LogP contribution is -2.32. The van der Waals surface area contributed by atoms with Gasteiger partial charge in [-0.2, -0.15) is 0 Å². The van der Waals surface area contributed by atoms with E-state index in [0.29, 0.717) is 12.2 Å². The van der Waals surface area contributed by atoms with Crippen LogP contribution in [-0.2, 0) is 10.4 Å². The fraction of sp³-hybridized carbons (Fsp3) is 0.500. The van der Waals surface area contributed by atoms with Crippen molar-refractivity contribution in [2.45, 2.75) is 75.9 Å². The molecule has 1 fully saturated rings. The molecule has 2 N–H and O–H groups in total. The Morgan fingerprint density at radius 2 is 2.00 bits per heavy atom. The number of amides is 1. The lowest BCUT2D eigenvalue weighted by atomic mass is 9.81. The molecule has 182 valence electrons. The van der Waals surface area contributed by atoms with E-state index in [1.165, 1.54) is 4.91 Å². The van der Waals surface area contributed by atoms with Crippen LogP contribution >= 0.6 is 23.4 Å². The molecular weight excluding hydrogens is 470 g/mol. The first-order valence-electron chi connectivity index (χ1n) is 12.0. The number of nitrogens with zero attached hydrogens (tertiary/aromatic N) is 2. The molecular formula is C26H32ClN3O3S. The molecule has 0 aromatic carbocycles. The van der Waals surface area contributed by atoms with E-state index in [2.05, 4.69) is 10.3 Å². The Hall–Kier alpha value is -2.09. The van der Waals surface area contributed by atoms with E-state index in [4.69, 9.17) is 21.0 Å². The summed E-state index contributed by atoms with van der Waals surface area (Å²) in [6.45, 7) is 6.05.